The Morgan fingerprint density at radius 1 is 1.20 bits per heavy atom. The van der Waals surface area contributed by atoms with Crippen LogP contribution in [0.2, 0.25) is 0 Å². The Morgan fingerprint density at radius 2 is 2.00 bits per heavy atom. The van der Waals surface area contributed by atoms with Crippen molar-refractivity contribution in [2.45, 2.75) is 25.8 Å². The zero-order valence-corrected chi connectivity index (χ0v) is 12.7. The summed E-state index contributed by atoms with van der Waals surface area (Å²) < 4.78 is 3.02. The van der Waals surface area contributed by atoms with Crippen LogP contribution in [0.25, 0.3) is 0 Å². The molecular formula is C15H17BrN3O+. The molecule has 4 nitrogen and oxygen atoms in total. The molecule has 0 aliphatic rings. The van der Waals surface area contributed by atoms with Gasteiger partial charge in [0, 0.05) is 35.6 Å². The highest BCUT2D eigenvalue weighted by molar-refractivity contribution is 9.10. The van der Waals surface area contributed by atoms with Gasteiger partial charge < -0.3 is 5.32 Å². The van der Waals surface area contributed by atoms with Crippen molar-refractivity contribution < 1.29 is 9.36 Å². The van der Waals surface area contributed by atoms with Gasteiger partial charge in [0.1, 0.15) is 12.4 Å². The molecule has 0 aliphatic heterocycles. The molecule has 0 saturated heterocycles. The van der Waals surface area contributed by atoms with Gasteiger partial charge in [-0.05, 0) is 34.5 Å². The maximum atomic E-state index is 11.7. The zero-order chi connectivity index (χ0) is 14.2. The molecular weight excluding hydrogens is 318 g/mol. The van der Waals surface area contributed by atoms with Crippen molar-refractivity contribution in [2.24, 2.45) is 0 Å². The lowest BCUT2D eigenvalue weighted by Crippen LogP contribution is -2.32. The molecule has 0 spiro atoms. The molecule has 0 bridgehead atoms. The molecule has 0 radical (unpaired) electrons. The van der Waals surface area contributed by atoms with Crippen molar-refractivity contribution >= 4 is 27.7 Å². The van der Waals surface area contributed by atoms with Crippen molar-refractivity contribution in [3.63, 3.8) is 0 Å². The standard InChI is InChI=1S/C15H16BrN3O/c16-13-7-8-14(17-12-13)18-15(20)6-2-5-11-19-9-3-1-4-10-19/h1,3-4,7-10,12H,2,5-6,11H2/p+1. The van der Waals surface area contributed by atoms with Gasteiger partial charge >= 0.3 is 0 Å². The third kappa shape index (κ3) is 5.09. The van der Waals surface area contributed by atoms with Crippen LogP contribution in [-0.4, -0.2) is 10.9 Å². The molecule has 0 aromatic carbocycles. The second kappa shape index (κ2) is 7.75. The summed E-state index contributed by atoms with van der Waals surface area (Å²) >= 11 is 3.31. The first kappa shape index (κ1) is 14.7. The van der Waals surface area contributed by atoms with E-state index in [2.05, 4.69) is 30.8 Å². The molecule has 104 valence electrons. The largest absolute Gasteiger partial charge is 0.311 e. The Kier molecular flexibility index (Phi) is 5.68. The predicted molar refractivity (Wildman–Crippen MR) is 81.1 cm³/mol. The number of nitrogens with zero attached hydrogens (tertiary/aromatic N) is 2. The summed E-state index contributed by atoms with van der Waals surface area (Å²) in [4.78, 5) is 15.9. The van der Waals surface area contributed by atoms with Crippen LogP contribution in [0, 0.1) is 0 Å². The first-order valence-corrected chi connectivity index (χ1v) is 7.39. The number of hydrogen-bond donors (Lipinski definition) is 1. The van der Waals surface area contributed by atoms with Gasteiger partial charge in [0.2, 0.25) is 5.91 Å². The van der Waals surface area contributed by atoms with E-state index in [1.807, 2.05) is 36.7 Å². The van der Waals surface area contributed by atoms with E-state index in [4.69, 9.17) is 0 Å². The molecule has 0 atom stereocenters. The molecule has 2 aromatic heterocycles. The Hall–Kier alpha value is -1.75. The molecule has 0 aliphatic carbocycles. The maximum Gasteiger partial charge on any atom is 0.225 e. The molecule has 5 heteroatoms. The van der Waals surface area contributed by atoms with Crippen LogP contribution < -0.4 is 9.88 Å². The summed E-state index contributed by atoms with van der Waals surface area (Å²) in [7, 11) is 0. The fourth-order valence-corrected chi connectivity index (χ4v) is 2.05. The molecule has 1 N–H and O–H groups in total. The summed E-state index contributed by atoms with van der Waals surface area (Å²) in [5, 5.41) is 2.79. The van der Waals surface area contributed by atoms with Crippen molar-refractivity contribution in [2.75, 3.05) is 5.32 Å². The number of unbranched alkanes of at least 4 members (excludes halogenated alkanes) is 1. The van der Waals surface area contributed by atoms with Crippen LogP contribution in [0.1, 0.15) is 19.3 Å². The van der Waals surface area contributed by atoms with Gasteiger partial charge in [-0.25, -0.2) is 9.55 Å². The van der Waals surface area contributed by atoms with Gasteiger partial charge in [0.15, 0.2) is 12.4 Å². The van der Waals surface area contributed by atoms with Crippen LogP contribution in [0.5, 0.6) is 0 Å². The number of carbonyl (C=O) groups excluding carboxylic acids is 1. The van der Waals surface area contributed by atoms with E-state index < -0.39 is 0 Å². The SMILES string of the molecule is O=C(CCCC[n+]1ccccc1)Nc1ccc(Br)cn1. The monoisotopic (exact) mass is 334 g/mol. The first-order chi connectivity index (χ1) is 9.74. The summed E-state index contributed by atoms with van der Waals surface area (Å²) in [6, 6.07) is 9.64. The average molecular weight is 335 g/mol. The van der Waals surface area contributed by atoms with Crippen molar-refractivity contribution in [1.29, 1.82) is 0 Å². The molecule has 20 heavy (non-hydrogen) atoms. The Morgan fingerprint density at radius 3 is 2.70 bits per heavy atom. The number of aromatic nitrogens is 2. The highest BCUT2D eigenvalue weighted by atomic mass is 79.9. The Labute approximate surface area is 127 Å². The third-order valence-electron chi connectivity index (χ3n) is 2.84. The van der Waals surface area contributed by atoms with Crippen LogP contribution in [0.15, 0.2) is 53.4 Å². The van der Waals surface area contributed by atoms with E-state index in [9.17, 15) is 4.79 Å². The van der Waals surface area contributed by atoms with Crippen molar-refractivity contribution in [3.05, 3.63) is 53.4 Å². The number of hydrogen-bond acceptors (Lipinski definition) is 2. The lowest BCUT2D eigenvalue weighted by molar-refractivity contribution is -0.697. The van der Waals surface area contributed by atoms with Crippen LogP contribution in [0.3, 0.4) is 0 Å². The fraction of sp³-hybridized carbons (Fsp3) is 0.267. The summed E-state index contributed by atoms with van der Waals surface area (Å²) in [5.74, 6) is 0.605. The van der Waals surface area contributed by atoms with E-state index >= 15 is 0 Å². The minimum Gasteiger partial charge on any atom is -0.311 e. The van der Waals surface area contributed by atoms with Gasteiger partial charge in [0.25, 0.3) is 0 Å². The fourth-order valence-electron chi connectivity index (χ4n) is 1.82. The highest BCUT2D eigenvalue weighted by Gasteiger charge is 2.04. The molecule has 2 heterocycles. The number of rotatable bonds is 6. The van der Waals surface area contributed by atoms with Crippen LogP contribution in [0.4, 0.5) is 5.82 Å². The lowest BCUT2D eigenvalue weighted by Gasteiger charge is -2.03. The first-order valence-electron chi connectivity index (χ1n) is 6.59. The van der Waals surface area contributed by atoms with Crippen molar-refractivity contribution in [1.82, 2.24) is 4.98 Å². The van der Waals surface area contributed by atoms with E-state index in [0.29, 0.717) is 12.2 Å². The summed E-state index contributed by atoms with van der Waals surface area (Å²) in [5.41, 5.74) is 0. The van der Waals surface area contributed by atoms with Gasteiger partial charge in [-0.2, -0.15) is 0 Å². The lowest BCUT2D eigenvalue weighted by atomic mass is 10.2. The zero-order valence-electron chi connectivity index (χ0n) is 11.1. The molecule has 0 saturated carbocycles. The van der Waals surface area contributed by atoms with E-state index in [1.54, 1.807) is 12.3 Å². The smallest absolute Gasteiger partial charge is 0.225 e. The highest BCUT2D eigenvalue weighted by Crippen LogP contribution is 2.10. The number of aryl methyl sites for hydroxylation is 1. The number of carbonyl (C=O) groups is 1. The number of halogens is 1. The molecule has 2 rings (SSSR count). The number of nitrogens with one attached hydrogen (secondary N) is 1. The topological polar surface area (TPSA) is 45.9 Å². The number of amides is 1. The van der Waals surface area contributed by atoms with Crippen molar-refractivity contribution in [3.8, 4) is 0 Å². The average Bonchev–Trinajstić information content (AvgIpc) is 2.47. The molecule has 0 unspecified atom stereocenters. The summed E-state index contributed by atoms with van der Waals surface area (Å²) in [6.07, 6.45) is 8.10. The second-order valence-corrected chi connectivity index (χ2v) is 5.40. The quantitative estimate of drug-likeness (QED) is 0.652. The maximum absolute atomic E-state index is 11.7. The second-order valence-electron chi connectivity index (χ2n) is 4.48. The van der Waals surface area contributed by atoms with Gasteiger partial charge in [-0.3, -0.25) is 4.79 Å². The summed E-state index contributed by atoms with van der Waals surface area (Å²) in [6.45, 7) is 0.935. The van der Waals surface area contributed by atoms with Gasteiger partial charge in [-0.1, -0.05) is 6.07 Å². The Bertz CT molecular complexity index is 543. The Balaban J connectivity index is 1.66. The molecule has 2 aromatic rings. The van der Waals surface area contributed by atoms with E-state index in [0.717, 1.165) is 23.9 Å². The van der Waals surface area contributed by atoms with Gasteiger partial charge in [-0.15, -0.1) is 0 Å². The van der Waals surface area contributed by atoms with Crippen LogP contribution in [-0.2, 0) is 11.3 Å². The number of anilines is 1. The minimum atomic E-state index is 0.0119. The third-order valence-corrected chi connectivity index (χ3v) is 3.31. The van der Waals surface area contributed by atoms with E-state index in [-0.39, 0.29) is 5.91 Å². The van der Waals surface area contributed by atoms with Crippen LogP contribution >= 0.6 is 15.9 Å². The normalized spacial score (nSPS) is 10.2. The van der Waals surface area contributed by atoms with E-state index in [1.165, 1.54) is 0 Å². The number of pyridine rings is 2. The molecule has 0 fully saturated rings. The predicted octanol–water partition coefficient (Wildman–Crippen LogP) is 2.94. The minimum absolute atomic E-state index is 0.0119. The van der Waals surface area contributed by atoms with Gasteiger partial charge in [0.05, 0.1) is 0 Å². The molecule has 1 amide bonds.